The lowest BCUT2D eigenvalue weighted by atomic mass is 9.97. The third-order valence-corrected chi connectivity index (χ3v) is 4.08. The van der Waals surface area contributed by atoms with E-state index in [1.807, 2.05) is 19.1 Å². The maximum atomic E-state index is 9.90. The number of nitrogens with one attached hydrogen (secondary N) is 1. The first-order valence-corrected chi connectivity index (χ1v) is 7.56. The Bertz CT molecular complexity index is 513. The number of benzene rings is 1. The number of rotatable bonds is 5. The van der Waals surface area contributed by atoms with Crippen LogP contribution in [0.15, 0.2) is 24.3 Å². The summed E-state index contributed by atoms with van der Waals surface area (Å²) in [5.74, 6) is 0.414. The molecular weight excluding hydrogens is 288 g/mol. The fourth-order valence-corrected chi connectivity index (χ4v) is 2.94. The molecule has 5 heteroatoms. The molecule has 0 spiro atoms. The van der Waals surface area contributed by atoms with Gasteiger partial charge >= 0.3 is 0 Å². The van der Waals surface area contributed by atoms with E-state index in [1.54, 1.807) is 0 Å². The smallest absolute Gasteiger partial charge is 0.176 e. The van der Waals surface area contributed by atoms with Crippen molar-refractivity contribution in [2.24, 2.45) is 0 Å². The van der Waals surface area contributed by atoms with Crippen molar-refractivity contribution in [1.82, 2.24) is 10.2 Å². The van der Waals surface area contributed by atoms with Crippen LogP contribution in [0.2, 0.25) is 5.02 Å². The van der Waals surface area contributed by atoms with Crippen molar-refractivity contribution in [3.63, 3.8) is 0 Å². The van der Waals surface area contributed by atoms with Crippen molar-refractivity contribution in [2.45, 2.75) is 19.4 Å². The SMILES string of the molecule is C=C(C)C[C@@H](c1cc(Cl)c(O)c(OC)c1)N1CCNCC1. The van der Waals surface area contributed by atoms with Crippen molar-refractivity contribution in [3.05, 3.63) is 34.9 Å². The number of piperazine rings is 1. The quantitative estimate of drug-likeness (QED) is 0.821. The highest BCUT2D eigenvalue weighted by Crippen LogP contribution is 2.39. The lowest BCUT2D eigenvalue weighted by Crippen LogP contribution is -2.45. The predicted molar refractivity (Wildman–Crippen MR) is 86.3 cm³/mol. The van der Waals surface area contributed by atoms with Crippen LogP contribution in [0.4, 0.5) is 0 Å². The fraction of sp³-hybridized carbons (Fsp3) is 0.500. The standard InChI is InChI=1S/C16H23ClN2O2/c1-11(2)8-14(19-6-4-18-5-7-19)12-9-13(17)16(20)15(10-12)21-3/h9-10,14,18,20H,1,4-8H2,2-3H3/t14-/m0/s1. The zero-order chi connectivity index (χ0) is 15.4. The minimum Gasteiger partial charge on any atom is -0.503 e. The van der Waals surface area contributed by atoms with Gasteiger partial charge in [0.2, 0.25) is 0 Å². The molecule has 2 N–H and O–H groups in total. The molecule has 0 aromatic heterocycles. The van der Waals surface area contributed by atoms with Gasteiger partial charge in [-0.15, -0.1) is 6.58 Å². The number of ether oxygens (including phenoxy) is 1. The molecule has 116 valence electrons. The number of nitrogens with zero attached hydrogens (tertiary/aromatic N) is 1. The minimum absolute atomic E-state index is 0.00250. The van der Waals surface area contributed by atoms with E-state index in [-0.39, 0.29) is 11.8 Å². The Kier molecular flexibility index (Phi) is 5.51. The molecule has 1 aromatic rings. The van der Waals surface area contributed by atoms with E-state index in [9.17, 15) is 5.11 Å². The molecule has 0 bridgehead atoms. The molecule has 0 amide bonds. The Labute approximate surface area is 131 Å². The Balaban J connectivity index is 2.35. The highest BCUT2D eigenvalue weighted by Gasteiger charge is 2.24. The molecular formula is C16H23ClN2O2. The van der Waals surface area contributed by atoms with Crippen LogP contribution in [0.1, 0.15) is 24.9 Å². The summed E-state index contributed by atoms with van der Waals surface area (Å²) in [5, 5.41) is 13.6. The van der Waals surface area contributed by atoms with Crippen molar-refractivity contribution in [1.29, 1.82) is 0 Å². The van der Waals surface area contributed by atoms with Crippen molar-refractivity contribution in [2.75, 3.05) is 33.3 Å². The summed E-state index contributed by atoms with van der Waals surface area (Å²) >= 11 is 6.13. The third-order valence-electron chi connectivity index (χ3n) is 3.79. The lowest BCUT2D eigenvalue weighted by Gasteiger charge is -2.35. The summed E-state index contributed by atoms with van der Waals surface area (Å²) < 4.78 is 5.22. The summed E-state index contributed by atoms with van der Waals surface area (Å²) in [6, 6.07) is 3.91. The molecule has 1 atom stereocenters. The molecule has 1 heterocycles. The topological polar surface area (TPSA) is 44.7 Å². The lowest BCUT2D eigenvalue weighted by molar-refractivity contribution is 0.172. The summed E-state index contributed by atoms with van der Waals surface area (Å²) in [6.07, 6.45) is 0.865. The van der Waals surface area contributed by atoms with Crippen LogP contribution in [0.25, 0.3) is 0 Å². The number of hydrogen-bond acceptors (Lipinski definition) is 4. The Morgan fingerprint density at radius 2 is 2.14 bits per heavy atom. The summed E-state index contributed by atoms with van der Waals surface area (Å²) in [5.41, 5.74) is 2.18. The van der Waals surface area contributed by atoms with E-state index >= 15 is 0 Å². The first kappa shape index (κ1) is 16.1. The fourth-order valence-electron chi connectivity index (χ4n) is 2.72. The van der Waals surface area contributed by atoms with Gasteiger partial charge in [0.25, 0.3) is 0 Å². The number of hydrogen-bond donors (Lipinski definition) is 2. The largest absolute Gasteiger partial charge is 0.503 e. The Hall–Kier alpha value is -1.23. The van der Waals surface area contributed by atoms with Gasteiger partial charge in [0.1, 0.15) is 0 Å². The highest BCUT2D eigenvalue weighted by molar-refractivity contribution is 6.32. The van der Waals surface area contributed by atoms with E-state index in [4.69, 9.17) is 16.3 Å². The average molecular weight is 311 g/mol. The van der Waals surface area contributed by atoms with Crippen LogP contribution in [-0.4, -0.2) is 43.3 Å². The van der Waals surface area contributed by atoms with E-state index in [1.165, 1.54) is 7.11 Å². The number of halogens is 1. The second-order valence-electron chi connectivity index (χ2n) is 5.52. The highest BCUT2D eigenvalue weighted by atomic mass is 35.5. The number of methoxy groups -OCH3 is 1. The predicted octanol–water partition coefficient (Wildman–Crippen LogP) is 2.97. The molecule has 1 fully saturated rings. The van der Waals surface area contributed by atoms with Gasteiger partial charge in [-0.2, -0.15) is 0 Å². The van der Waals surface area contributed by atoms with Gasteiger partial charge in [-0.3, -0.25) is 4.90 Å². The maximum Gasteiger partial charge on any atom is 0.176 e. The second-order valence-corrected chi connectivity index (χ2v) is 5.92. The minimum atomic E-state index is -0.00250. The van der Waals surface area contributed by atoms with Crippen molar-refractivity contribution < 1.29 is 9.84 Å². The maximum absolute atomic E-state index is 9.90. The number of phenolic OH excluding ortho intramolecular Hbond substituents is 1. The zero-order valence-electron chi connectivity index (χ0n) is 12.7. The van der Waals surface area contributed by atoms with Gasteiger partial charge in [0, 0.05) is 32.2 Å². The van der Waals surface area contributed by atoms with E-state index in [0.717, 1.165) is 43.7 Å². The first-order valence-electron chi connectivity index (χ1n) is 7.18. The normalized spacial score (nSPS) is 17.5. The van der Waals surface area contributed by atoms with E-state index in [0.29, 0.717) is 10.8 Å². The molecule has 4 nitrogen and oxygen atoms in total. The van der Waals surface area contributed by atoms with E-state index in [2.05, 4.69) is 16.8 Å². The van der Waals surface area contributed by atoms with Crippen molar-refractivity contribution >= 4 is 11.6 Å². The van der Waals surface area contributed by atoms with Crippen LogP contribution in [0.3, 0.4) is 0 Å². The Morgan fingerprint density at radius 3 is 2.71 bits per heavy atom. The molecule has 1 aliphatic rings. The number of phenols is 1. The Morgan fingerprint density at radius 1 is 1.48 bits per heavy atom. The molecule has 0 aliphatic carbocycles. The van der Waals surface area contributed by atoms with Gasteiger partial charge in [-0.05, 0) is 31.0 Å². The van der Waals surface area contributed by atoms with Gasteiger partial charge in [0.15, 0.2) is 11.5 Å². The van der Waals surface area contributed by atoms with Gasteiger partial charge in [-0.25, -0.2) is 0 Å². The van der Waals surface area contributed by atoms with Crippen LogP contribution in [-0.2, 0) is 0 Å². The number of aromatic hydroxyl groups is 1. The average Bonchev–Trinajstić information content (AvgIpc) is 2.48. The molecule has 0 unspecified atom stereocenters. The molecule has 1 aromatic carbocycles. The van der Waals surface area contributed by atoms with Crippen LogP contribution in [0.5, 0.6) is 11.5 Å². The van der Waals surface area contributed by atoms with Crippen LogP contribution in [0, 0.1) is 0 Å². The monoisotopic (exact) mass is 310 g/mol. The van der Waals surface area contributed by atoms with Crippen LogP contribution < -0.4 is 10.1 Å². The summed E-state index contributed by atoms with van der Waals surface area (Å²) in [7, 11) is 1.54. The zero-order valence-corrected chi connectivity index (χ0v) is 13.4. The summed E-state index contributed by atoms with van der Waals surface area (Å²) in [6.45, 7) is 10.0. The molecule has 1 aliphatic heterocycles. The van der Waals surface area contributed by atoms with E-state index < -0.39 is 0 Å². The molecule has 21 heavy (non-hydrogen) atoms. The molecule has 0 radical (unpaired) electrons. The van der Waals surface area contributed by atoms with Gasteiger partial charge in [0.05, 0.1) is 12.1 Å². The van der Waals surface area contributed by atoms with Gasteiger partial charge < -0.3 is 15.2 Å². The third kappa shape index (κ3) is 3.90. The second kappa shape index (κ2) is 7.16. The molecule has 0 saturated carbocycles. The van der Waals surface area contributed by atoms with Crippen molar-refractivity contribution in [3.8, 4) is 11.5 Å². The molecule has 2 rings (SSSR count). The summed E-state index contributed by atoms with van der Waals surface area (Å²) in [4.78, 5) is 2.42. The first-order chi connectivity index (χ1) is 10.0. The molecule has 1 saturated heterocycles. The van der Waals surface area contributed by atoms with Crippen LogP contribution >= 0.6 is 11.6 Å². The van der Waals surface area contributed by atoms with Gasteiger partial charge in [-0.1, -0.05) is 17.2 Å².